The first kappa shape index (κ1) is 13.7. The largest absolute Gasteiger partial charge is 0.325 e. The van der Waals surface area contributed by atoms with Crippen molar-refractivity contribution >= 4 is 11.6 Å². The van der Waals surface area contributed by atoms with Gasteiger partial charge in [0, 0.05) is 5.69 Å². The monoisotopic (exact) mass is 208 g/mol. The standard InChI is InChI=1S/C8H10N2O.C4H10/c9-6-8(11)10-7-4-2-1-3-5-7;1-4(2)3/h1-5H,6,9H2,(H,10,11);4H,1-3H3. The Bertz CT molecular complexity index is 267. The molecule has 0 saturated carbocycles. The maximum atomic E-state index is 10.7. The van der Waals surface area contributed by atoms with Crippen molar-refractivity contribution in [1.29, 1.82) is 0 Å². The molecule has 0 fully saturated rings. The van der Waals surface area contributed by atoms with Gasteiger partial charge in [0.05, 0.1) is 6.54 Å². The van der Waals surface area contributed by atoms with Crippen molar-refractivity contribution in [3.63, 3.8) is 0 Å². The van der Waals surface area contributed by atoms with Gasteiger partial charge in [0.1, 0.15) is 0 Å². The zero-order valence-corrected chi connectivity index (χ0v) is 9.66. The van der Waals surface area contributed by atoms with E-state index in [-0.39, 0.29) is 12.5 Å². The number of hydrogen-bond acceptors (Lipinski definition) is 2. The number of rotatable bonds is 2. The Hall–Kier alpha value is -1.35. The van der Waals surface area contributed by atoms with Crippen molar-refractivity contribution < 1.29 is 4.79 Å². The fraction of sp³-hybridized carbons (Fsp3) is 0.417. The van der Waals surface area contributed by atoms with Crippen LogP contribution in [-0.4, -0.2) is 12.5 Å². The minimum atomic E-state index is -0.170. The van der Waals surface area contributed by atoms with Gasteiger partial charge < -0.3 is 11.1 Å². The Morgan fingerprint density at radius 1 is 1.27 bits per heavy atom. The number of nitrogens with one attached hydrogen (secondary N) is 1. The molecule has 0 spiro atoms. The molecule has 0 bridgehead atoms. The first-order valence-corrected chi connectivity index (χ1v) is 5.11. The summed E-state index contributed by atoms with van der Waals surface area (Å²) in [6.07, 6.45) is 0. The SMILES string of the molecule is CC(C)C.NCC(=O)Nc1ccccc1. The fourth-order valence-corrected chi connectivity index (χ4v) is 0.734. The number of amides is 1. The molecule has 0 heterocycles. The van der Waals surface area contributed by atoms with Gasteiger partial charge in [-0.3, -0.25) is 4.79 Å². The Balaban J connectivity index is 0.000000423. The highest BCUT2D eigenvalue weighted by atomic mass is 16.1. The quantitative estimate of drug-likeness (QED) is 0.783. The van der Waals surface area contributed by atoms with Crippen molar-refractivity contribution in [1.82, 2.24) is 0 Å². The summed E-state index contributed by atoms with van der Waals surface area (Å²) in [5, 5.41) is 2.63. The van der Waals surface area contributed by atoms with Gasteiger partial charge in [-0.1, -0.05) is 39.0 Å². The van der Waals surface area contributed by atoms with Crippen LogP contribution in [0, 0.1) is 5.92 Å². The normalized spacial score (nSPS) is 9.13. The molecule has 1 amide bonds. The van der Waals surface area contributed by atoms with Gasteiger partial charge in [0.2, 0.25) is 5.91 Å². The maximum absolute atomic E-state index is 10.7. The van der Waals surface area contributed by atoms with Gasteiger partial charge in [0.25, 0.3) is 0 Å². The number of carbonyl (C=O) groups is 1. The molecule has 15 heavy (non-hydrogen) atoms. The Labute approximate surface area is 91.7 Å². The summed E-state index contributed by atoms with van der Waals surface area (Å²) >= 11 is 0. The minimum Gasteiger partial charge on any atom is -0.325 e. The first-order chi connectivity index (χ1) is 7.06. The molecule has 0 aliphatic heterocycles. The number of para-hydroxylation sites is 1. The molecule has 0 aromatic heterocycles. The zero-order chi connectivity index (χ0) is 11.7. The number of carbonyl (C=O) groups excluding carboxylic acids is 1. The number of anilines is 1. The second-order valence-electron chi connectivity index (χ2n) is 3.85. The average molecular weight is 208 g/mol. The van der Waals surface area contributed by atoms with E-state index in [9.17, 15) is 4.79 Å². The van der Waals surface area contributed by atoms with E-state index in [1.54, 1.807) is 0 Å². The lowest BCUT2D eigenvalue weighted by molar-refractivity contribution is -0.114. The molecule has 0 atom stereocenters. The summed E-state index contributed by atoms with van der Waals surface area (Å²) in [6.45, 7) is 6.52. The topological polar surface area (TPSA) is 55.1 Å². The average Bonchev–Trinajstić information content (AvgIpc) is 2.18. The molecule has 84 valence electrons. The second kappa shape index (κ2) is 8.00. The van der Waals surface area contributed by atoms with Gasteiger partial charge in [0.15, 0.2) is 0 Å². The smallest absolute Gasteiger partial charge is 0.238 e. The lowest BCUT2D eigenvalue weighted by Crippen LogP contribution is -2.21. The third-order valence-corrected chi connectivity index (χ3v) is 1.24. The van der Waals surface area contributed by atoms with E-state index in [2.05, 4.69) is 26.1 Å². The highest BCUT2D eigenvalue weighted by Gasteiger charge is 1.95. The molecule has 1 rings (SSSR count). The van der Waals surface area contributed by atoms with Crippen LogP contribution in [-0.2, 0) is 4.79 Å². The van der Waals surface area contributed by atoms with Crippen molar-refractivity contribution in [3.8, 4) is 0 Å². The lowest BCUT2D eigenvalue weighted by Gasteiger charge is -2.00. The van der Waals surface area contributed by atoms with Crippen LogP contribution in [0.3, 0.4) is 0 Å². The van der Waals surface area contributed by atoms with Crippen molar-refractivity contribution in [2.75, 3.05) is 11.9 Å². The van der Waals surface area contributed by atoms with E-state index in [1.165, 1.54) is 0 Å². The highest BCUT2D eigenvalue weighted by molar-refractivity contribution is 5.91. The number of nitrogens with two attached hydrogens (primary N) is 1. The van der Waals surface area contributed by atoms with Crippen LogP contribution in [0.15, 0.2) is 30.3 Å². The molecule has 0 unspecified atom stereocenters. The fourth-order valence-electron chi connectivity index (χ4n) is 0.734. The third kappa shape index (κ3) is 8.97. The van der Waals surface area contributed by atoms with Gasteiger partial charge in [-0.25, -0.2) is 0 Å². The lowest BCUT2D eigenvalue weighted by atomic mass is 10.3. The molecule has 3 N–H and O–H groups in total. The van der Waals surface area contributed by atoms with Crippen LogP contribution in [0.2, 0.25) is 0 Å². The Morgan fingerprint density at radius 3 is 2.13 bits per heavy atom. The molecular formula is C12H20N2O. The van der Waals surface area contributed by atoms with Gasteiger partial charge in [-0.2, -0.15) is 0 Å². The van der Waals surface area contributed by atoms with Crippen LogP contribution in [0.1, 0.15) is 20.8 Å². The van der Waals surface area contributed by atoms with E-state index < -0.39 is 0 Å². The van der Waals surface area contributed by atoms with Crippen LogP contribution >= 0.6 is 0 Å². The second-order valence-corrected chi connectivity index (χ2v) is 3.85. The minimum absolute atomic E-state index is 0.0227. The van der Waals surface area contributed by atoms with E-state index in [4.69, 9.17) is 5.73 Å². The van der Waals surface area contributed by atoms with Gasteiger partial charge in [-0.15, -0.1) is 0 Å². The molecule has 1 aromatic carbocycles. The zero-order valence-electron chi connectivity index (χ0n) is 9.66. The summed E-state index contributed by atoms with van der Waals surface area (Å²) < 4.78 is 0. The molecule has 3 nitrogen and oxygen atoms in total. The van der Waals surface area contributed by atoms with E-state index in [0.717, 1.165) is 11.6 Å². The summed E-state index contributed by atoms with van der Waals surface area (Å²) in [6, 6.07) is 9.22. The molecule has 3 heteroatoms. The molecular weight excluding hydrogens is 188 g/mol. The first-order valence-electron chi connectivity index (χ1n) is 5.11. The molecule has 1 aromatic rings. The number of hydrogen-bond donors (Lipinski definition) is 2. The molecule has 0 radical (unpaired) electrons. The van der Waals surface area contributed by atoms with Crippen LogP contribution in [0.4, 0.5) is 5.69 Å². The maximum Gasteiger partial charge on any atom is 0.238 e. The van der Waals surface area contributed by atoms with Crippen molar-refractivity contribution in [2.24, 2.45) is 11.7 Å². The molecule has 0 aliphatic carbocycles. The van der Waals surface area contributed by atoms with Crippen LogP contribution in [0.25, 0.3) is 0 Å². The number of benzene rings is 1. The summed E-state index contributed by atoms with van der Waals surface area (Å²) in [4.78, 5) is 10.7. The van der Waals surface area contributed by atoms with Crippen molar-refractivity contribution in [2.45, 2.75) is 20.8 Å². The third-order valence-electron chi connectivity index (χ3n) is 1.24. The summed E-state index contributed by atoms with van der Waals surface area (Å²) in [7, 11) is 0. The highest BCUT2D eigenvalue weighted by Crippen LogP contribution is 2.03. The Kier molecular flexibility index (Phi) is 7.28. The summed E-state index contributed by atoms with van der Waals surface area (Å²) in [5.41, 5.74) is 5.89. The predicted molar refractivity (Wildman–Crippen MR) is 64.6 cm³/mol. The molecule has 0 aliphatic rings. The van der Waals surface area contributed by atoms with E-state index in [0.29, 0.717) is 0 Å². The summed E-state index contributed by atoms with van der Waals surface area (Å²) in [5.74, 6) is 0.663. The molecule has 0 saturated heterocycles. The Morgan fingerprint density at radius 2 is 1.73 bits per heavy atom. The van der Waals surface area contributed by atoms with Crippen molar-refractivity contribution in [3.05, 3.63) is 30.3 Å². The van der Waals surface area contributed by atoms with Crippen LogP contribution in [0.5, 0.6) is 0 Å². The van der Waals surface area contributed by atoms with Gasteiger partial charge >= 0.3 is 0 Å². The predicted octanol–water partition coefficient (Wildman–Crippen LogP) is 2.25. The van der Waals surface area contributed by atoms with Crippen LogP contribution < -0.4 is 11.1 Å². The van der Waals surface area contributed by atoms with E-state index in [1.807, 2.05) is 30.3 Å². The van der Waals surface area contributed by atoms with E-state index >= 15 is 0 Å². The van der Waals surface area contributed by atoms with Gasteiger partial charge in [-0.05, 0) is 18.1 Å².